The van der Waals surface area contributed by atoms with Crippen molar-refractivity contribution in [3.05, 3.63) is 78.1 Å². The number of aryl methyl sites for hydroxylation is 1. The molecule has 1 aromatic heterocycles. The van der Waals surface area contributed by atoms with E-state index in [1.165, 1.54) is 5.56 Å². The number of benzene rings is 2. The molecule has 0 aliphatic rings. The molecule has 0 atom stereocenters. The van der Waals surface area contributed by atoms with Gasteiger partial charge >= 0.3 is 0 Å². The third-order valence-electron chi connectivity index (χ3n) is 3.63. The first-order valence-electron chi connectivity index (χ1n) is 7.85. The molecule has 122 valence electrons. The molecule has 0 radical (unpaired) electrons. The number of rotatable bonds is 6. The number of aromatic nitrogens is 2. The highest BCUT2D eigenvalue weighted by atomic mass is 32.2. The first kappa shape index (κ1) is 16.3. The van der Waals surface area contributed by atoms with Gasteiger partial charge in [0.15, 0.2) is 5.16 Å². The first-order valence-corrected chi connectivity index (χ1v) is 8.84. The largest absolute Gasteiger partial charge is 0.326 e. The zero-order chi connectivity index (χ0) is 16.8. The van der Waals surface area contributed by atoms with Gasteiger partial charge in [-0.15, -0.1) is 0 Å². The Hall–Kier alpha value is -2.53. The van der Waals surface area contributed by atoms with Gasteiger partial charge in [0, 0.05) is 35.9 Å². The highest BCUT2D eigenvalue weighted by molar-refractivity contribution is 7.98. The summed E-state index contributed by atoms with van der Waals surface area (Å²) in [7, 11) is 0. The predicted molar refractivity (Wildman–Crippen MR) is 98.3 cm³/mol. The lowest BCUT2D eigenvalue weighted by Crippen LogP contribution is -2.11. The lowest BCUT2D eigenvalue weighted by molar-refractivity contribution is 0.102. The maximum Gasteiger partial charge on any atom is 0.255 e. The van der Waals surface area contributed by atoms with Crippen molar-refractivity contribution in [2.45, 2.75) is 24.4 Å². The maximum absolute atomic E-state index is 12.2. The molecule has 2 aromatic carbocycles. The second-order valence-electron chi connectivity index (χ2n) is 5.30. The van der Waals surface area contributed by atoms with Crippen molar-refractivity contribution >= 4 is 23.4 Å². The Balaban J connectivity index is 1.60. The molecule has 5 heteroatoms. The van der Waals surface area contributed by atoms with Gasteiger partial charge in [-0.05, 0) is 36.8 Å². The number of anilines is 1. The van der Waals surface area contributed by atoms with Crippen LogP contribution in [0.25, 0.3) is 0 Å². The van der Waals surface area contributed by atoms with E-state index in [2.05, 4.69) is 21.8 Å². The normalized spacial score (nSPS) is 10.5. The molecule has 0 spiro atoms. The third-order valence-corrected chi connectivity index (χ3v) is 4.71. The number of para-hydroxylation sites is 1. The van der Waals surface area contributed by atoms with E-state index in [9.17, 15) is 4.79 Å². The number of carbonyl (C=O) groups is 1. The van der Waals surface area contributed by atoms with E-state index < -0.39 is 0 Å². The van der Waals surface area contributed by atoms with Crippen molar-refractivity contribution in [1.82, 2.24) is 9.55 Å². The SMILES string of the molecule is CCn1ccnc1SCc1ccc(C(=O)Nc2ccccc2)cc1. The molecular weight excluding hydrogens is 318 g/mol. The summed E-state index contributed by atoms with van der Waals surface area (Å²) in [6.45, 7) is 3.02. The fraction of sp³-hybridized carbons (Fsp3) is 0.158. The van der Waals surface area contributed by atoms with Gasteiger partial charge in [0.05, 0.1) is 0 Å². The average molecular weight is 337 g/mol. The van der Waals surface area contributed by atoms with E-state index >= 15 is 0 Å². The molecule has 1 heterocycles. The molecule has 0 aliphatic carbocycles. The van der Waals surface area contributed by atoms with Crippen molar-refractivity contribution in [2.75, 3.05) is 5.32 Å². The molecule has 0 bridgehead atoms. The number of nitrogens with zero attached hydrogens (tertiary/aromatic N) is 2. The molecule has 0 unspecified atom stereocenters. The smallest absolute Gasteiger partial charge is 0.255 e. The Morgan fingerprint density at radius 1 is 1.12 bits per heavy atom. The van der Waals surface area contributed by atoms with Gasteiger partial charge < -0.3 is 9.88 Å². The van der Waals surface area contributed by atoms with Crippen LogP contribution in [0.1, 0.15) is 22.8 Å². The Kier molecular flexibility index (Phi) is 5.33. The second kappa shape index (κ2) is 7.84. The molecule has 0 aliphatic heterocycles. The monoisotopic (exact) mass is 337 g/mol. The fourth-order valence-corrected chi connectivity index (χ4v) is 3.28. The molecule has 0 fully saturated rings. The van der Waals surface area contributed by atoms with E-state index in [4.69, 9.17) is 0 Å². The van der Waals surface area contributed by atoms with E-state index in [0.717, 1.165) is 23.1 Å². The minimum absolute atomic E-state index is 0.0954. The number of hydrogen-bond donors (Lipinski definition) is 1. The van der Waals surface area contributed by atoms with Crippen molar-refractivity contribution in [3.63, 3.8) is 0 Å². The van der Waals surface area contributed by atoms with Gasteiger partial charge in [-0.2, -0.15) is 0 Å². The summed E-state index contributed by atoms with van der Waals surface area (Å²) < 4.78 is 2.12. The Bertz CT molecular complexity index is 797. The third kappa shape index (κ3) is 4.06. The number of hydrogen-bond acceptors (Lipinski definition) is 3. The lowest BCUT2D eigenvalue weighted by Gasteiger charge is -2.07. The number of nitrogens with one attached hydrogen (secondary N) is 1. The van der Waals surface area contributed by atoms with E-state index in [1.807, 2.05) is 67.0 Å². The summed E-state index contributed by atoms with van der Waals surface area (Å²) in [6, 6.07) is 17.2. The topological polar surface area (TPSA) is 46.9 Å². The van der Waals surface area contributed by atoms with Crippen LogP contribution >= 0.6 is 11.8 Å². The number of carbonyl (C=O) groups excluding carboxylic acids is 1. The molecular formula is C19H19N3OS. The molecule has 0 saturated heterocycles. The summed E-state index contributed by atoms with van der Waals surface area (Å²) in [5.74, 6) is 0.736. The zero-order valence-electron chi connectivity index (χ0n) is 13.5. The van der Waals surface area contributed by atoms with Gasteiger partial charge in [0.2, 0.25) is 0 Å². The summed E-state index contributed by atoms with van der Waals surface area (Å²) in [4.78, 5) is 16.6. The van der Waals surface area contributed by atoms with Gasteiger partial charge in [0.1, 0.15) is 0 Å². The molecule has 4 nitrogen and oxygen atoms in total. The van der Waals surface area contributed by atoms with E-state index in [0.29, 0.717) is 5.56 Å². The van der Waals surface area contributed by atoms with Crippen LogP contribution in [0.15, 0.2) is 72.1 Å². The number of thioether (sulfide) groups is 1. The summed E-state index contributed by atoms with van der Waals surface area (Å²) in [6.07, 6.45) is 3.81. The molecule has 24 heavy (non-hydrogen) atoms. The van der Waals surface area contributed by atoms with E-state index in [1.54, 1.807) is 11.8 Å². The van der Waals surface area contributed by atoms with Crippen molar-refractivity contribution < 1.29 is 4.79 Å². The summed E-state index contributed by atoms with van der Waals surface area (Å²) in [5.41, 5.74) is 2.62. The Labute approximate surface area is 145 Å². The Morgan fingerprint density at radius 2 is 1.88 bits per heavy atom. The van der Waals surface area contributed by atoms with Crippen LogP contribution in [-0.2, 0) is 12.3 Å². The van der Waals surface area contributed by atoms with Crippen LogP contribution in [0, 0.1) is 0 Å². The van der Waals surface area contributed by atoms with Gasteiger partial charge in [-0.25, -0.2) is 4.98 Å². The summed E-state index contributed by atoms with van der Waals surface area (Å²) in [5, 5.41) is 3.91. The van der Waals surface area contributed by atoms with Crippen LogP contribution in [0.2, 0.25) is 0 Å². The maximum atomic E-state index is 12.2. The van der Waals surface area contributed by atoms with Crippen molar-refractivity contribution in [1.29, 1.82) is 0 Å². The van der Waals surface area contributed by atoms with Crippen molar-refractivity contribution in [2.24, 2.45) is 0 Å². The van der Waals surface area contributed by atoms with Crippen LogP contribution in [-0.4, -0.2) is 15.5 Å². The minimum Gasteiger partial charge on any atom is -0.326 e. The van der Waals surface area contributed by atoms with Gasteiger partial charge in [-0.1, -0.05) is 42.1 Å². The van der Waals surface area contributed by atoms with Crippen LogP contribution in [0.3, 0.4) is 0 Å². The number of imidazole rings is 1. The molecule has 0 saturated carbocycles. The average Bonchev–Trinajstić information content (AvgIpc) is 3.09. The van der Waals surface area contributed by atoms with Gasteiger partial charge in [0.25, 0.3) is 5.91 Å². The lowest BCUT2D eigenvalue weighted by atomic mass is 10.1. The van der Waals surface area contributed by atoms with Crippen molar-refractivity contribution in [3.8, 4) is 0 Å². The quantitative estimate of drug-likeness (QED) is 0.676. The van der Waals surface area contributed by atoms with Crippen LogP contribution in [0.5, 0.6) is 0 Å². The fourth-order valence-electron chi connectivity index (χ4n) is 2.30. The first-order chi connectivity index (χ1) is 11.8. The van der Waals surface area contributed by atoms with Crippen LogP contribution in [0.4, 0.5) is 5.69 Å². The van der Waals surface area contributed by atoms with Crippen LogP contribution < -0.4 is 5.32 Å². The molecule has 3 rings (SSSR count). The highest BCUT2D eigenvalue weighted by Crippen LogP contribution is 2.21. The summed E-state index contributed by atoms with van der Waals surface area (Å²) >= 11 is 1.70. The van der Waals surface area contributed by atoms with E-state index in [-0.39, 0.29) is 5.91 Å². The number of amides is 1. The van der Waals surface area contributed by atoms with Gasteiger partial charge in [-0.3, -0.25) is 4.79 Å². The Morgan fingerprint density at radius 3 is 2.58 bits per heavy atom. The molecule has 1 amide bonds. The highest BCUT2D eigenvalue weighted by Gasteiger charge is 2.07. The molecule has 1 N–H and O–H groups in total. The standard InChI is InChI=1S/C19H19N3OS/c1-2-22-13-12-20-19(22)24-14-15-8-10-16(11-9-15)18(23)21-17-6-4-3-5-7-17/h3-13H,2,14H2,1H3,(H,21,23). The second-order valence-corrected chi connectivity index (χ2v) is 6.24. The zero-order valence-corrected chi connectivity index (χ0v) is 14.3. The minimum atomic E-state index is -0.0954. The molecule has 3 aromatic rings. The predicted octanol–water partition coefficient (Wildman–Crippen LogP) is 4.45.